The number of benzene rings is 1. The highest BCUT2D eigenvalue weighted by Crippen LogP contribution is 2.29. The number of aliphatic carboxylic acids is 1. The third-order valence-corrected chi connectivity index (χ3v) is 3.05. The summed E-state index contributed by atoms with van der Waals surface area (Å²) in [7, 11) is 1.60. The van der Waals surface area contributed by atoms with Gasteiger partial charge in [0.2, 0.25) is 0 Å². The molecule has 0 spiro atoms. The Bertz CT molecular complexity index is 356. The second-order valence-corrected chi connectivity index (χ2v) is 4.36. The Morgan fingerprint density at radius 2 is 1.94 bits per heavy atom. The standard InChI is InChI=1S/C14H20O3/c1-4-5-10(2)13(14(15)16)11-6-8-12(17-3)9-7-11/h6-10,13H,4-5H2,1-3H3,(H,15,16)/t10-,13-/m1/s1. The highest BCUT2D eigenvalue weighted by Gasteiger charge is 2.25. The van der Waals surface area contributed by atoms with Gasteiger partial charge in [-0.05, 0) is 30.0 Å². The fourth-order valence-electron chi connectivity index (χ4n) is 2.15. The van der Waals surface area contributed by atoms with Gasteiger partial charge in [-0.25, -0.2) is 0 Å². The minimum absolute atomic E-state index is 0.144. The number of rotatable bonds is 6. The van der Waals surface area contributed by atoms with Crippen molar-refractivity contribution in [2.75, 3.05) is 7.11 Å². The molecule has 1 rings (SSSR count). The van der Waals surface area contributed by atoms with Crippen LogP contribution in [-0.4, -0.2) is 18.2 Å². The van der Waals surface area contributed by atoms with Crippen LogP contribution in [-0.2, 0) is 4.79 Å². The summed E-state index contributed by atoms with van der Waals surface area (Å²) in [5, 5.41) is 9.32. The molecule has 0 saturated heterocycles. The lowest BCUT2D eigenvalue weighted by Gasteiger charge is -2.20. The molecule has 0 aliphatic rings. The van der Waals surface area contributed by atoms with E-state index in [1.165, 1.54) is 0 Å². The van der Waals surface area contributed by atoms with Crippen LogP contribution in [0.1, 0.15) is 38.2 Å². The lowest BCUT2D eigenvalue weighted by Crippen LogP contribution is -2.19. The highest BCUT2D eigenvalue weighted by molar-refractivity contribution is 5.76. The summed E-state index contributed by atoms with van der Waals surface area (Å²) < 4.78 is 5.07. The predicted molar refractivity (Wildman–Crippen MR) is 67.4 cm³/mol. The molecule has 3 nitrogen and oxygen atoms in total. The summed E-state index contributed by atoms with van der Waals surface area (Å²) in [5.74, 6) is -0.288. The van der Waals surface area contributed by atoms with Crippen molar-refractivity contribution in [1.82, 2.24) is 0 Å². The van der Waals surface area contributed by atoms with Gasteiger partial charge in [0.05, 0.1) is 13.0 Å². The van der Waals surface area contributed by atoms with Gasteiger partial charge in [-0.3, -0.25) is 4.79 Å². The maximum atomic E-state index is 11.3. The lowest BCUT2D eigenvalue weighted by atomic mass is 9.84. The zero-order valence-electron chi connectivity index (χ0n) is 10.6. The van der Waals surface area contributed by atoms with Gasteiger partial charge in [-0.1, -0.05) is 32.4 Å². The summed E-state index contributed by atoms with van der Waals surface area (Å²) >= 11 is 0. The van der Waals surface area contributed by atoms with Gasteiger partial charge in [-0.15, -0.1) is 0 Å². The minimum atomic E-state index is -0.754. The average molecular weight is 236 g/mol. The number of carboxylic acid groups (broad SMARTS) is 1. The van der Waals surface area contributed by atoms with E-state index in [-0.39, 0.29) is 5.92 Å². The molecule has 0 radical (unpaired) electrons. The van der Waals surface area contributed by atoms with Crippen molar-refractivity contribution >= 4 is 5.97 Å². The molecule has 0 aromatic heterocycles. The van der Waals surface area contributed by atoms with Crippen molar-refractivity contribution in [1.29, 1.82) is 0 Å². The molecule has 3 heteroatoms. The van der Waals surface area contributed by atoms with Crippen molar-refractivity contribution in [3.63, 3.8) is 0 Å². The molecule has 0 aliphatic heterocycles. The Balaban J connectivity index is 2.93. The predicted octanol–water partition coefficient (Wildman–Crippen LogP) is 3.30. The van der Waals surface area contributed by atoms with Gasteiger partial charge in [0.1, 0.15) is 5.75 Å². The van der Waals surface area contributed by atoms with Gasteiger partial charge in [0.25, 0.3) is 0 Å². The summed E-state index contributed by atoms with van der Waals surface area (Å²) in [5.41, 5.74) is 0.847. The highest BCUT2D eigenvalue weighted by atomic mass is 16.5. The Morgan fingerprint density at radius 3 is 2.35 bits per heavy atom. The van der Waals surface area contributed by atoms with Crippen molar-refractivity contribution < 1.29 is 14.6 Å². The van der Waals surface area contributed by atoms with Crippen LogP contribution < -0.4 is 4.74 Å². The second kappa shape index (κ2) is 6.28. The first-order valence-corrected chi connectivity index (χ1v) is 5.96. The number of hydrogen-bond donors (Lipinski definition) is 1. The topological polar surface area (TPSA) is 46.5 Å². The molecular weight excluding hydrogens is 216 g/mol. The Kier molecular flexibility index (Phi) is 5.01. The average Bonchev–Trinajstić information content (AvgIpc) is 2.30. The molecule has 0 amide bonds. The van der Waals surface area contributed by atoms with E-state index in [4.69, 9.17) is 4.74 Å². The van der Waals surface area contributed by atoms with E-state index in [0.717, 1.165) is 24.2 Å². The summed E-state index contributed by atoms with van der Waals surface area (Å²) in [6.45, 7) is 4.07. The van der Waals surface area contributed by atoms with Crippen LogP contribution >= 0.6 is 0 Å². The van der Waals surface area contributed by atoms with E-state index >= 15 is 0 Å². The molecule has 0 unspecified atom stereocenters. The van der Waals surface area contributed by atoms with Crippen molar-refractivity contribution in [3.05, 3.63) is 29.8 Å². The third-order valence-electron chi connectivity index (χ3n) is 3.05. The minimum Gasteiger partial charge on any atom is -0.497 e. The second-order valence-electron chi connectivity index (χ2n) is 4.36. The van der Waals surface area contributed by atoms with E-state index in [2.05, 4.69) is 6.92 Å². The molecule has 0 bridgehead atoms. The molecule has 1 N–H and O–H groups in total. The molecule has 0 saturated carbocycles. The molecule has 17 heavy (non-hydrogen) atoms. The summed E-state index contributed by atoms with van der Waals surface area (Å²) in [6.07, 6.45) is 1.92. The van der Waals surface area contributed by atoms with Crippen LogP contribution in [0, 0.1) is 5.92 Å². The van der Waals surface area contributed by atoms with E-state index in [9.17, 15) is 9.90 Å². The van der Waals surface area contributed by atoms with Crippen molar-refractivity contribution in [3.8, 4) is 5.75 Å². The largest absolute Gasteiger partial charge is 0.497 e. The van der Waals surface area contributed by atoms with E-state index in [0.29, 0.717) is 0 Å². The number of methoxy groups -OCH3 is 1. The van der Waals surface area contributed by atoms with Crippen LogP contribution in [0.4, 0.5) is 0 Å². The Morgan fingerprint density at radius 1 is 1.35 bits per heavy atom. The van der Waals surface area contributed by atoms with Gasteiger partial charge in [-0.2, -0.15) is 0 Å². The Labute approximate surface area is 102 Å². The van der Waals surface area contributed by atoms with Gasteiger partial charge >= 0.3 is 5.97 Å². The van der Waals surface area contributed by atoms with Gasteiger partial charge in [0, 0.05) is 0 Å². The first-order valence-electron chi connectivity index (χ1n) is 5.96. The van der Waals surface area contributed by atoms with E-state index in [1.54, 1.807) is 7.11 Å². The number of hydrogen-bond acceptors (Lipinski definition) is 2. The van der Waals surface area contributed by atoms with Crippen LogP contribution in [0.5, 0.6) is 5.75 Å². The molecule has 1 aromatic carbocycles. The van der Waals surface area contributed by atoms with Crippen LogP contribution in [0.2, 0.25) is 0 Å². The molecular formula is C14H20O3. The fraction of sp³-hybridized carbons (Fsp3) is 0.500. The monoisotopic (exact) mass is 236 g/mol. The maximum Gasteiger partial charge on any atom is 0.311 e. The molecule has 0 fully saturated rings. The first-order chi connectivity index (χ1) is 8.10. The normalized spacial score (nSPS) is 14.1. The quantitative estimate of drug-likeness (QED) is 0.824. The number of carbonyl (C=O) groups is 1. The van der Waals surface area contributed by atoms with Crippen LogP contribution in [0.25, 0.3) is 0 Å². The molecule has 0 aliphatic carbocycles. The molecule has 2 atom stereocenters. The zero-order chi connectivity index (χ0) is 12.8. The molecule has 0 heterocycles. The summed E-state index contributed by atoms with van der Waals surface area (Å²) in [4.78, 5) is 11.3. The fourth-order valence-corrected chi connectivity index (χ4v) is 2.15. The third kappa shape index (κ3) is 3.48. The number of ether oxygens (including phenoxy) is 1. The van der Waals surface area contributed by atoms with Gasteiger partial charge < -0.3 is 9.84 Å². The zero-order valence-corrected chi connectivity index (χ0v) is 10.6. The van der Waals surface area contributed by atoms with E-state index < -0.39 is 11.9 Å². The van der Waals surface area contributed by atoms with E-state index in [1.807, 2.05) is 31.2 Å². The smallest absolute Gasteiger partial charge is 0.311 e. The number of carboxylic acids is 1. The van der Waals surface area contributed by atoms with Crippen molar-refractivity contribution in [2.24, 2.45) is 5.92 Å². The van der Waals surface area contributed by atoms with Gasteiger partial charge in [0.15, 0.2) is 0 Å². The molecule has 1 aromatic rings. The van der Waals surface area contributed by atoms with Crippen LogP contribution in [0.3, 0.4) is 0 Å². The maximum absolute atomic E-state index is 11.3. The van der Waals surface area contributed by atoms with Crippen molar-refractivity contribution in [2.45, 2.75) is 32.6 Å². The summed E-state index contributed by atoms with van der Waals surface area (Å²) in [6, 6.07) is 7.29. The SMILES string of the molecule is CCC[C@@H](C)[C@@H](C(=O)O)c1ccc(OC)cc1. The van der Waals surface area contributed by atoms with Crippen LogP contribution in [0.15, 0.2) is 24.3 Å². The lowest BCUT2D eigenvalue weighted by molar-refractivity contribution is -0.140. The first kappa shape index (κ1) is 13.6. The molecule has 94 valence electrons. The Hall–Kier alpha value is -1.51.